The fourth-order valence-electron chi connectivity index (χ4n) is 2.89. The Kier molecular flexibility index (Phi) is 3.88. The van der Waals surface area contributed by atoms with E-state index in [1.54, 1.807) is 13.2 Å². The third kappa shape index (κ3) is 2.10. The number of benzene rings is 1. The van der Waals surface area contributed by atoms with Crippen molar-refractivity contribution in [2.24, 2.45) is 5.41 Å². The topological polar surface area (TPSA) is 41.5 Å². The lowest BCUT2D eigenvalue weighted by atomic mass is 9.63. The number of aliphatic hydroxyl groups excluding tert-OH is 1. The van der Waals surface area contributed by atoms with Gasteiger partial charge in [0.15, 0.2) is 0 Å². The number of nitrogens with one attached hydrogen (secondary N) is 1. The highest BCUT2D eigenvalue weighted by atomic mass is 19.1. The first kappa shape index (κ1) is 13.3. The van der Waals surface area contributed by atoms with Gasteiger partial charge in [0.1, 0.15) is 11.6 Å². The van der Waals surface area contributed by atoms with Gasteiger partial charge in [0.25, 0.3) is 0 Å². The molecule has 0 aromatic heterocycles. The average molecular weight is 253 g/mol. The molecule has 0 saturated heterocycles. The summed E-state index contributed by atoms with van der Waals surface area (Å²) in [5.41, 5.74) is 0.601. The molecule has 1 atom stereocenters. The molecular weight excluding hydrogens is 233 g/mol. The standard InChI is InChI=1S/C14H20FNO2/c1-16-13(14(9-17)6-3-7-14)11-8-10(15)4-5-12(11)18-2/h4-5,8,13,16-17H,3,6-7,9H2,1-2H3. The zero-order chi connectivity index (χ0) is 13.2. The lowest BCUT2D eigenvalue weighted by Gasteiger charge is -2.47. The Labute approximate surface area is 107 Å². The largest absolute Gasteiger partial charge is 0.496 e. The minimum atomic E-state index is -0.279. The van der Waals surface area contributed by atoms with E-state index >= 15 is 0 Å². The van der Waals surface area contributed by atoms with E-state index in [-0.39, 0.29) is 23.9 Å². The molecule has 1 saturated carbocycles. The van der Waals surface area contributed by atoms with E-state index in [1.165, 1.54) is 12.1 Å². The van der Waals surface area contributed by atoms with Gasteiger partial charge in [-0.3, -0.25) is 0 Å². The highest BCUT2D eigenvalue weighted by molar-refractivity contribution is 5.38. The van der Waals surface area contributed by atoms with Crippen molar-refractivity contribution in [3.8, 4) is 5.75 Å². The van der Waals surface area contributed by atoms with Crippen molar-refractivity contribution in [3.63, 3.8) is 0 Å². The van der Waals surface area contributed by atoms with Crippen molar-refractivity contribution < 1.29 is 14.2 Å². The molecule has 1 aromatic rings. The van der Waals surface area contributed by atoms with Crippen LogP contribution in [0.1, 0.15) is 30.9 Å². The van der Waals surface area contributed by atoms with Crippen LogP contribution in [0.15, 0.2) is 18.2 Å². The minimum Gasteiger partial charge on any atom is -0.496 e. The molecule has 0 heterocycles. The van der Waals surface area contributed by atoms with E-state index in [2.05, 4.69) is 5.32 Å². The number of hydrogen-bond acceptors (Lipinski definition) is 3. The highest BCUT2D eigenvalue weighted by Crippen LogP contribution is 2.51. The zero-order valence-electron chi connectivity index (χ0n) is 10.9. The molecule has 0 amide bonds. The van der Waals surface area contributed by atoms with Crippen LogP contribution < -0.4 is 10.1 Å². The molecule has 1 aliphatic carbocycles. The lowest BCUT2D eigenvalue weighted by Crippen LogP contribution is -2.44. The first-order valence-corrected chi connectivity index (χ1v) is 6.28. The van der Waals surface area contributed by atoms with Gasteiger partial charge in [0, 0.05) is 17.0 Å². The van der Waals surface area contributed by atoms with E-state index in [9.17, 15) is 9.50 Å². The van der Waals surface area contributed by atoms with Crippen molar-refractivity contribution in [1.29, 1.82) is 0 Å². The molecule has 2 rings (SSSR count). The third-order valence-electron chi connectivity index (χ3n) is 4.07. The van der Waals surface area contributed by atoms with Crippen LogP contribution in [-0.2, 0) is 0 Å². The molecule has 1 unspecified atom stereocenters. The molecule has 4 heteroatoms. The van der Waals surface area contributed by atoms with Crippen LogP contribution in [0.4, 0.5) is 4.39 Å². The summed E-state index contributed by atoms with van der Waals surface area (Å²) >= 11 is 0. The Morgan fingerprint density at radius 2 is 2.22 bits per heavy atom. The summed E-state index contributed by atoms with van der Waals surface area (Å²) in [6.45, 7) is 0.109. The van der Waals surface area contributed by atoms with Crippen molar-refractivity contribution in [2.75, 3.05) is 20.8 Å². The monoisotopic (exact) mass is 253 g/mol. The maximum Gasteiger partial charge on any atom is 0.123 e. The van der Waals surface area contributed by atoms with E-state index in [4.69, 9.17) is 4.74 Å². The number of rotatable bonds is 5. The Morgan fingerprint density at radius 1 is 1.50 bits per heavy atom. The zero-order valence-corrected chi connectivity index (χ0v) is 10.9. The van der Waals surface area contributed by atoms with Crippen molar-refractivity contribution in [2.45, 2.75) is 25.3 Å². The summed E-state index contributed by atoms with van der Waals surface area (Å²) in [5.74, 6) is 0.383. The number of hydrogen-bond donors (Lipinski definition) is 2. The molecule has 18 heavy (non-hydrogen) atoms. The van der Waals surface area contributed by atoms with E-state index in [0.29, 0.717) is 5.75 Å². The molecule has 0 bridgehead atoms. The quantitative estimate of drug-likeness (QED) is 0.845. The SMILES string of the molecule is CNC(c1cc(F)ccc1OC)C1(CO)CCC1. The van der Waals surface area contributed by atoms with Crippen LogP contribution in [0, 0.1) is 11.2 Å². The lowest BCUT2D eigenvalue weighted by molar-refractivity contribution is 0.00704. The number of methoxy groups -OCH3 is 1. The second-order valence-corrected chi connectivity index (χ2v) is 4.98. The van der Waals surface area contributed by atoms with Gasteiger partial charge in [-0.15, -0.1) is 0 Å². The van der Waals surface area contributed by atoms with Crippen LogP contribution in [0.25, 0.3) is 0 Å². The maximum absolute atomic E-state index is 13.4. The summed E-state index contributed by atoms with van der Waals surface area (Å²) in [6.07, 6.45) is 3.01. The second-order valence-electron chi connectivity index (χ2n) is 4.98. The third-order valence-corrected chi connectivity index (χ3v) is 4.07. The van der Waals surface area contributed by atoms with Crippen LogP contribution in [0.5, 0.6) is 5.75 Å². The summed E-state index contributed by atoms with van der Waals surface area (Å²) < 4.78 is 18.8. The number of halogens is 1. The van der Waals surface area contributed by atoms with Gasteiger partial charge < -0.3 is 15.2 Å². The number of aliphatic hydroxyl groups is 1. The van der Waals surface area contributed by atoms with Crippen LogP contribution in [0.2, 0.25) is 0 Å². The van der Waals surface area contributed by atoms with Crippen LogP contribution in [-0.4, -0.2) is 25.9 Å². The molecule has 0 aliphatic heterocycles. The first-order chi connectivity index (χ1) is 8.66. The van der Waals surface area contributed by atoms with Gasteiger partial charge in [-0.1, -0.05) is 6.42 Å². The van der Waals surface area contributed by atoms with Crippen molar-refractivity contribution in [3.05, 3.63) is 29.6 Å². The highest BCUT2D eigenvalue weighted by Gasteiger charge is 2.44. The molecule has 1 aliphatic rings. The maximum atomic E-state index is 13.4. The normalized spacial score (nSPS) is 19.1. The molecule has 1 aromatic carbocycles. The van der Waals surface area contributed by atoms with Crippen LogP contribution in [0.3, 0.4) is 0 Å². The summed E-state index contributed by atoms with van der Waals surface area (Å²) in [5, 5.41) is 12.9. The molecule has 100 valence electrons. The summed E-state index contributed by atoms with van der Waals surface area (Å²) in [7, 11) is 3.42. The van der Waals surface area contributed by atoms with Crippen LogP contribution >= 0.6 is 0 Å². The average Bonchev–Trinajstić information content (AvgIpc) is 2.33. The molecule has 3 nitrogen and oxygen atoms in total. The predicted octanol–water partition coefficient (Wildman–Crippen LogP) is 2.26. The van der Waals surface area contributed by atoms with Gasteiger partial charge in [-0.05, 0) is 38.1 Å². The molecule has 0 spiro atoms. The van der Waals surface area contributed by atoms with Gasteiger partial charge >= 0.3 is 0 Å². The Morgan fingerprint density at radius 3 is 2.67 bits per heavy atom. The van der Waals surface area contributed by atoms with E-state index < -0.39 is 0 Å². The number of ether oxygens (including phenoxy) is 1. The predicted molar refractivity (Wildman–Crippen MR) is 68.1 cm³/mol. The molecule has 0 radical (unpaired) electrons. The molecule has 2 N–H and O–H groups in total. The van der Waals surface area contributed by atoms with Gasteiger partial charge in [0.2, 0.25) is 0 Å². The fraction of sp³-hybridized carbons (Fsp3) is 0.571. The van der Waals surface area contributed by atoms with E-state index in [0.717, 1.165) is 24.8 Å². The Hall–Kier alpha value is -1.13. The minimum absolute atomic E-state index is 0.0816. The summed E-state index contributed by atoms with van der Waals surface area (Å²) in [6, 6.07) is 4.44. The van der Waals surface area contributed by atoms with Gasteiger partial charge in [-0.25, -0.2) is 4.39 Å². The summed E-state index contributed by atoms with van der Waals surface area (Å²) in [4.78, 5) is 0. The van der Waals surface area contributed by atoms with Crippen molar-refractivity contribution >= 4 is 0 Å². The smallest absolute Gasteiger partial charge is 0.123 e. The van der Waals surface area contributed by atoms with Crippen molar-refractivity contribution in [1.82, 2.24) is 5.32 Å². The van der Waals surface area contributed by atoms with Gasteiger partial charge in [-0.2, -0.15) is 0 Å². The fourth-order valence-corrected chi connectivity index (χ4v) is 2.89. The first-order valence-electron chi connectivity index (χ1n) is 6.28. The Balaban J connectivity index is 2.40. The molecular formula is C14H20FNO2. The second kappa shape index (κ2) is 5.24. The van der Waals surface area contributed by atoms with Gasteiger partial charge in [0.05, 0.1) is 13.7 Å². The van der Waals surface area contributed by atoms with E-state index in [1.807, 2.05) is 7.05 Å². The Bertz CT molecular complexity index is 413. The molecule has 1 fully saturated rings.